The molecular weight excluding hydrogens is 592 g/mol. The summed E-state index contributed by atoms with van der Waals surface area (Å²) in [6, 6.07) is 13.0. The molecule has 5 heterocycles. The molecule has 1 aromatic carbocycles. The van der Waals surface area contributed by atoms with Gasteiger partial charge in [-0.05, 0) is 87.9 Å². The van der Waals surface area contributed by atoms with Gasteiger partial charge in [0, 0.05) is 92.6 Å². The maximum atomic E-state index is 12.8. The number of nitrogens with one attached hydrogen (secondary N) is 3. The molecule has 6 N–H and O–H groups in total. The minimum Gasteiger partial charge on any atom is -0.396 e. The van der Waals surface area contributed by atoms with Gasteiger partial charge in [-0.15, -0.1) is 0 Å². The van der Waals surface area contributed by atoms with Gasteiger partial charge in [0.25, 0.3) is 5.91 Å². The van der Waals surface area contributed by atoms with Crippen LogP contribution in [0, 0.1) is 5.92 Å². The lowest BCUT2D eigenvalue weighted by atomic mass is 9.86. The number of benzene rings is 1. The Morgan fingerprint density at radius 2 is 1.66 bits per heavy atom. The molecule has 0 unspecified atom stereocenters. The summed E-state index contributed by atoms with van der Waals surface area (Å²) in [5, 5.41) is 17.5. The van der Waals surface area contributed by atoms with Gasteiger partial charge in [0.05, 0.1) is 0 Å². The number of piperazine rings is 1. The number of H-pyrrole nitrogens is 1. The van der Waals surface area contributed by atoms with Crippen LogP contribution in [0.15, 0.2) is 48.8 Å². The number of nitrogens with zero attached hydrogens (tertiary/aromatic N) is 6. The highest BCUT2D eigenvalue weighted by Gasteiger charge is 2.28. The Bertz CT molecular complexity index is 1670. The minimum atomic E-state index is -0.669. The Morgan fingerprint density at radius 1 is 0.915 bits per heavy atom. The van der Waals surface area contributed by atoms with E-state index in [1.807, 2.05) is 30.5 Å². The number of hydrogen-bond acceptors (Lipinski definition) is 10. The number of amides is 1. The molecule has 1 amide bonds. The van der Waals surface area contributed by atoms with Gasteiger partial charge >= 0.3 is 0 Å². The van der Waals surface area contributed by atoms with Crippen molar-refractivity contribution in [3.8, 4) is 11.4 Å². The third-order valence-corrected chi connectivity index (χ3v) is 10.3. The number of anilines is 4. The summed E-state index contributed by atoms with van der Waals surface area (Å²) < 4.78 is 0. The van der Waals surface area contributed by atoms with Crippen molar-refractivity contribution in [1.82, 2.24) is 29.7 Å². The Kier molecular flexibility index (Phi) is 9.23. The van der Waals surface area contributed by atoms with Crippen molar-refractivity contribution in [3.05, 3.63) is 54.5 Å². The van der Waals surface area contributed by atoms with Crippen LogP contribution >= 0.6 is 0 Å². The molecule has 12 heteroatoms. The summed E-state index contributed by atoms with van der Waals surface area (Å²) in [7, 11) is 2.21. The number of carbonyl (C=O) groups is 1. The number of aliphatic hydroxyl groups is 1. The number of rotatable bonds is 9. The van der Waals surface area contributed by atoms with Crippen LogP contribution in [0.25, 0.3) is 22.3 Å². The SMILES string of the molecule is CN1CCN(C2CCN(c3ccc(Nc4nc(NC5CCC(CO)CC5)c(-c5nccc6[nH]ccc56)nc4C(N)=O)cc3)CC2)CC1. The molecule has 0 bridgehead atoms. The highest BCUT2D eigenvalue weighted by molar-refractivity contribution is 6.00. The normalized spacial score (nSPS) is 21.6. The maximum absolute atomic E-state index is 12.8. The number of carbonyl (C=O) groups excluding carboxylic acids is 1. The molecule has 0 atom stereocenters. The molecule has 0 spiro atoms. The average molecular weight is 639 g/mol. The number of primary amides is 1. The fourth-order valence-electron chi connectivity index (χ4n) is 7.38. The lowest BCUT2D eigenvalue weighted by Gasteiger charge is -2.42. The van der Waals surface area contributed by atoms with Crippen molar-refractivity contribution < 1.29 is 9.90 Å². The number of fused-ring (bicyclic) bond motifs is 1. The zero-order valence-corrected chi connectivity index (χ0v) is 27.2. The molecule has 47 heavy (non-hydrogen) atoms. The molecule has 248 valence electrons. The van der Waals surface area contributed by atoms with Crippen LogP contribution in [0.1, 0.15) is 49.0 Å². The first-order valence-corrected chi connectivity index (χ1v) is 17.0. The van der Waals surface area contributed by atoms with Crippen molar-refractivity contribution in [2.75, 3.05) is 68.5 Å². The number of piperidine rings is 1. The van der Waals surface area contributed by atoms with Crippen LogP contribution in [0.4, 0.5) is 23.0 Å². The zero-order valence-electron chi connectivity index (χ0n) is 27.2. The number of nitrogens with two attached hydrogens (primary N) is 1. The van der Waals surface area contributed by atoms with E-state index in [1.54, 1.807) is 6.20 Å². The molecule has 4 aromatic rings. The lowest BCUT2D eigenvalue weighted by molar-refractivity contribution is 0.0982. The van der Waals surface area contributed by atoms with Crippen LogP contribution in [0.5, 0.6) is 0 Å². The topological polar surface area (TPSA) is 152 Å². The summed E-state index contributed by atoms with van der Waals surface area (Å²) >= 11 is 0. The van der Waals surface area contributed by atoms with E-state index in [9.17, 15) is 9.90 Å². The van der Waals surface area contributed by atoms with E-state index in [-0.39, 0.29) is 18.3 Å². The minimum absolute atomic E-state index is 0.0546. The van der Waals surface area contributed by atoms with Crippen LogP contribution in [0.2, 0.25) is 0 Å². The molecule has 3 aromatic heterocycles. The first kappa shape index (κ1) is 31.3. The van der Waals surface area contributed by atoms with Gasteiger partial charge in [-0.2, -0.15) is 0 Å². The summed E-state index contributed by atoms with van der Waals surface area (Å²) in [5.74, 6) is 0.507. The van der Waals surface area contributed by atoms with E-state index in [0.717, 1.165) is 68.5 Å². The highest BCUT2D eigenvalue weighted by Crippen LogP contribution is 2.35. The van der Waals surface area contributed by atoms with Crippen LogP contribution in [0.3, 0.4) is 0 Å². The van der Waals surface area contributed by atoms with Crippen molar-refractivity contribution in [3.63, 3.8) is 0 Å². The Labute approximate surface area is 275 Å². The third kappa shape index (κ3) is 6.90. The number of likely N-dealkylation sites (N-methyl/N-ethyl adjacent to an activating group) is 1. The molecule has 3 fully saturated rings. The van der Waals surface area contributed by atoms with Crippen molar-refractivity contribution in [2.45, 2.75) is 50.6 Å². The summed E-state index contributed by atoms with van der Waals surface area (Å²) in [6.07, 6.45) is 9.62. The van der Waals surface area contributed by atoms with Gasteiger partial charge in [-0.1, -0.05) is 0 Å². The zero-order chi connectivity index (χ0) is 32.3. The predicted molar refractivity (Wildman–Crippen MR) is 186 cm³/mol. The fourth-order valence-corrected chi connectivity index (χ4v) is 7.38. The molecule has 7 rings (SSSR count). The van der Waals surface area contributed by atoms with E-state index < -0.39 is 5.91 Å². The summed E-state index contributed by atoms with van der Waals surface area (Å²) in [5.41, 5.74) is 9.96. The number of pyridine rings is 1. The number of hydrogen-bond donors (Lipinski definition) is 5. The lowest BCUT2D eigenvalue weighted by Crippen LogP contribution is -2.52. The van der Waals surface area contributed by atoms with Gasteiger partial charge < -0.3 is 36.3 Å². The van der Waals surface area contributed by atoms with Gasteiger partial charge in [-0.3, -0.25) is 14.7 Å². The predicted octanol–water partition coefficient (Wildman–Crippen LogP) is 4.04. The molecule has 3 aliphatic rings. The summed E-state index contributed by atoms with van der Waals surface area (Å²) in [4.78, 5) is 38.0. The second-order valence-electron chi connectivity index (χ2n) is 13.4. The first-order valence-electron chi connectivity index (χ1n) is 17.0. The molecule has 2 aliphatic heterocycles. The second kappa shape index (κ2) is 13.8. The average Bonchev–Trinajstić information content (AvgIpc) is 3.59. The molecular formula is C35H46N10O2. The van der Waals surface area contributed by atoms with E-state index in [1.165, 1.54) is 31.6 Å². The van der Waals surface area contributed by atoms with E-state index >= 15 is 0 Å². The van der Waals surface area contributed by atoms with Crippen LogP contribution in [-0.2, 0) is 0 Å². The van der Waals surface area contributed by atoms with E-state index in [0.29, 0.717) is 35.0 Å². The van der Waals surface area contributed by atoms with E-state index in [4.69, 9.17) is 15.7 Å². The number of aromatic amines is 1. The number of aliphatic hydroxyl groups excluding tert-OH is 1. The first-order chi connectivity index (χ1) is 22.9. The van der Waals surface area contributed by atoms with Gasteiger partial charge in [0.1, 0.15) is 11.4 Å². The number of aromatic nitrogens is 4. The van der Waals surface area contributed by atoms with Gasteiger partial charge in [0.15, 0.2) is 17.3 Å². The smallest absolute Gasteiger partial charge is 0.271 e. The standard InChI is InChI=1S/C35H46N10O2/c1-43-18-20-45(21-19-43)27-12-16-44(17-13-27)26-8-6-25(7-9-26)40-35-32(33(36)47)41-31(30-28-10-14-37-29(28)11-15-38-30)34(42-35)39-24-4-2-23(22-46)3-5-24/h6-11,14-15,23-24,27,37,46H,2-5,12-13,16-22H2,1H3,(H2,36,47)(H2,39,40,42). The quantitative estimate of drug-likeness (QED) is 0.182. The monoisotopic (exact) mass is 638 g/mol. The van der Waals surface area contributed by atoms with Gasteiger partial charge in [0.2, 0.25) is 0 Å². The van der Waals surface area contributed by atoms with E-state index in [2.05, 4.69) is 54.5 Å². The van der Waals surface area contributed by atoms with Gasteiger partial charge in [-0.25, -0.2) is 9.97 Å². The van der Waals surface area contributed by atoms with Crippen molar-refractivity contribution in [1.29, 1.82) is 0 Å². The maximum Gasteiger partial charge on any atom is 0.271 e. The molecule has 1 aliphatic carbocycles. The molecule has 0 radical (unpaired) electrons. The van der Waals surface area contributed by atoms with Crippen LogP contribution < -0.4 is 21.3 Å². The molecule has 1 saturated carbocycles. The highest BCUT2D eigenvalue weighted by atomic mass is 16.3. The second-order valence-corrected chi connectivity index (χ2v) is 13.4. The fraction of sp³-hybridized carbons (Fsp3) is 0.486. The van der Waals surface area contributed by atoms with Crippen LogP contribution in [-0.4, -0.2) is 106 Å². The Morgan fingerprint density at radius 3 is 2.36 bits per heavy atom. The Hall–Kier alpha value is -4.26. The Balaban J connectivity index is 1.12. The van der Waals surface area contributed by atoms with Crippen molar-refractivity contribution >= 4 is 39.8 Å². The summed E-state index contributed by atoms with van der Waals surface area (Å²) in [6.45, 7) is 6.94. The van der Waals surface area contributed by atoms with Crippen molar-refractivity contribution in [2.24, 2.45) is 11.7 Å². The third-order valence-electron chi connectivity index (χ3n) is 10.3. The molecule has 12 nitrogen and oxygen atoms in total. The molecule has 2 saturated heterocycles. The largest absolute Gasteiger partial charge is 0.396 e.